The first-order valence-corrected chi connectivity index (χ1v) is 13.2. The number of anilines is 3. The van der Waals surface area contributed by atoms with Crippen molar-refractivity contribution in [3.8, 4) is 11.3 Å². The zero-order valence-corrected chi connectivity index (χ0v) is 22.4. The van der Waals surface area contributed by atoms with Crippen LogP contribution in [0.4, 0.5) is 23.1 Å². The van der Waals surface area contributed by atoms with Crippen molar-refractivity contribution in [2.24, 2.45) is 0 Å². The second-order valence-electron chi connectivity index (χ2n) is 9.28. The summed E-state index contributed by atoms with van der Waals surface area (Å²) in [5.74, 6) is -0.738. The summed E-state index contributed by atoms with van der Waals surface area (Å²) < 4.78 is 10.7. The quantitative estimate of drug-likeness (QED) is 0.147. The Bertz CT molecular complexity index is 1500. The Labute approximate surface area is 235 Å². The van der Waals surface area contributed by atoms with Crippen LogP contribution in [0.2, 0.25) is 0 Å². The van der Waals surface area contributed by atoms with E-state index in [2.05, 4.69) is 30.2 Å². The van der Waals surface area contributed by atoms with Gasteiger partial charge in [-0.3, -0.25) is 10.1 Å². The summed E-state index contributed by atoms with van der Waals surface area (Å²) in [6.45, 7) is 5.24. The molecule has 1 aliphatic rings. The minimum absolute atomic E-state index is 0.165. The minimum Gasteiger partial charge on any atom is -0.462 e. The number of aromatic amines is 1. The van der Waals surface area contributed by atoms with Crippen LogP contribution in [0.3, 0.4) is 0 Å². The third kappa shape index (κ3) is 6.25. The lowest BCUT2D eigenvalue weighted by atomic mass is 10.0. The first-order chi connectivity index (χ1) is 19.9. The van der Waals surface area contributed by atoms with Gasteiger partial charge in [-0.25, -0.2) is 19.7 Å². The molecule has 4 aromatic rings. The number of nitrogens with zero attached hydrogens (tertiary/aromatic N) is 5. The fourth-order valence-electron chi connectivity index (χ4n) is 4.66. The second kappa shape index (κ2) is 12.4. The van der Waals surface area contributed by atoms with Gasteiger partial charge in [-0.1, -0.05) is 12.1 Å². The normalized spacial score (nSPS) is 13.9. The van der Waals surface area contributed by atoms with Crippen LogP contribution in [-0.4, -0.2) is 70.3 Å². The van der Waals surface area contributed by atoms with Gasteiger partial charge in [0.25, 0.3) is 0 Å². The zero-order chi connectivity index (χ0) is 28.8. The zero-order valence-electron chi connectivity index (χ0n) is 22.4. The fraction of sp³-hybridized carbons (Fsp3) is 0.286. The lowest BCUT2D eigenvalue weighted by Gasteiger charge is -2.28. The van der Waals surface area contributed by atoms with E-state index in [1.165, 1.54) is 12.3 Å². The van der Waals surface area contributed by atoms with E-state index in [4.69, 9.17) is 15.2 Å². The van der Waals surface area contributed by atoms with Crippen molar-refractivity contribution in [1.29, 1.82) is 0 Å². The van der Waals surface area contributed by atoms with E-state index in [-0.39, 0.29) is 35.5 Å². The van der Waals surface area contributed by atoms with Crippen LogP contribution in [0.15, 0.2) is 60.9 Å². The average molecular weight is 559 g/mol. The summed E-state index contributed by atoms with van der Waals surface area (Å²) in [7, 11) is 0. The van der Waals surface area contributed by atoms with Crippen molar-refractivity contribution < 1.29 is 19.2 Å². The van der Waals surface area contributed by atoms with Gasteiger partial charge >= 0.3 is 11.7 Å². The number of benzene rings is 1. The van der Waals surface area contributed by atoms with E-state index in [0.29, 0.717) is 31.1 Å². The molecule has 5 rings (SSSR count). The largest absolute Gasteiger partial charge is 0.462 e. The molecule has 4 N–H and O–H groups in total. The number of nitrogen functional groups attached to an aromatic ring is 1. The smallest absolute Gasteiger partial charge is 0.341 e. The Morgan fingerprint density at radius 2 is 1.98 bits per heavy atom. The van der Waals surface area contributed by atoms with Crippen LogP contribution in [0.1, 0.15) is 34.6 Å². The Kier molecular flexibility index (Phi) is 8.34. The number of pyridine rings is 1. The van der Waals surface area contributed by atoms with Gasteiger partial charge in [0, 0.05) is 55.0 Å². The van der Waals surface area contributed by atoms with Gasteiger partial charge in [-0.2, -0.15) is 0 Å². The molecule has 1 atom stereocenters. The predicted octanol–water partition coefficient (Wildman–Crippen LogP) is 3.61. The average Bonchev–Trinajstić information content (AvgIpc) is 3.52. The highest BCUT2D eigenvalue weighted by atomic mass is 16.6. The number of esters is 1. The van der Waals surface area contributed by atoms with Crippen LogP contribution >= 0.6 is 0 Å². The highest BCUT2D eigenvalue weighted by Gasteiger charge is 2.23. The van der Waals surface area contributed by atoms with Crippen molar-refractivity contribution in [2.75, 3.05) is 55.4 Å². The third-order valence-corrected chi connectivity index (χ3v) is 6.74. The highest BCUT2D eigenvalue weighted by Crippen LogP contribution is 2.29. The number of H-pyrrole nitrogens is 1. The summed E-state index contributed by atoms with van der Waals surface area (Å²) in [5, 5.41) is 14.4. The molecule has 0 radical (unpaired) electrons. The molecule has 1 saturated heterocycles. The molecule has 0 amide bonds. The molecule has 41 heavy (non-hydrogen) atoms. The number of carbonyl (C=O) groups excluding carboxylic acids is 1. The monoisotopic (exact) mass is 558 g/mol. The van der Waals surface area contributed by atoms with Crippen LogP contribution in [0.25, 0.3) is 11.3 Å². The van der Waals surface area contributed by atoms with E-state index in [0.717, 1.165) is 30.0 Å². The van der Waals surface area contributed by atoms with Gasteiger partial charge in [0.15, 0.2) is 0 Å². The standard InChI is InChI=1S/C28H30N8O5/c1-2-41-27(37)21-17-32-28(34-25(21)18-5-7-19(8-6-18)35-12-14-40-15-13-35)31-16-20(22-4-3-11-30-22)23-9-10-24(36(38)39)26(29)33-23/h3-11,17,20,30H,2,12-16H2,1H3,(H2,29,33)(H,31,32,34). The molecule has 0 aliphatic carbocycles. The lowest BCUT2D eigenvalue weighted by molar-refractivity contribution is -0.384. The molecule has 1 fully saturated rings. The molecule has 13 heteroatoms. The van der Waals surface area contributed by atoms with Crippen molar-refractivity contribution in [3.63, 3.8) is 0 Å². The third-order valence-electron chi connectivity index (χ3n) is 6.74. The number of hydrogen-bond donors (Lipinski definition) is 3. The molecule has 1 unspecified atom stereocenters. The first-order valence-electron chi connectivity index (χ1n) is 13.2. The Morgan fingerprint density at radius 3 is 2.63 bits per heavy atom. The maximum Gasteiger partial charge on any atom is 0.341 e. The van der Waals surface area contributed by atoms with Gasteiger partial charge in [-0.15, -0.1) is 0 Å². The SMILES string of the molecule is CCOC(=O)c1cnc(NCC(c2ccc([N+](=O)[O-])c(N)n2)c2ccc[nH]2)nc1-c1ccc(N2CCOCC2)cc1. The summed E-state index contributed by atoms with van der Waals surface area (Å²) in [6.07, 6.45) is 3.23. The molecule has 4 heterocycles. The van der Waals surface area contributed by atoms with Gasteiger partial charge in [0.1, 0.15) is 5.56 Å². The van der Waals surface area contributed by atoms with Gasteiger partial charge in [0.05, 0.1) is 42.0 Å². The van der Waals surface area contributed by atoms with Crippen molar-refractivity contribution in [2.45, 2.75) is 12.8 Å². The number of morpholine rings is 1. The Morgan fingerprint density at radius 1 is 1.20 bits per heavy atom. The van der Waals surface area contributed by atoms with E-state index in [1.54, 1.807) is 19.2 Å². The van der Waals surface area contributed by atoms with E-state index < -0.39 is 10.9 Å². The number of carbonyl (C=O) groups is 1. The number of ether oxygens (including phenoxy) is 2. The maximum atomic E-state index is 12.8. The summed E-state index contributed by atoms with van der Waals surface area (Å²) in [5.41, 5.74) is 9.45. The van der Waals surface area contributed by atoms with Crippen molar-refractivity contribution >= 4 is 29.1 Å². The van der Waals surface area contributed by atoms with Crippen LogP contribution in [-0.2, 0) is 9.47 Å². The molecule has 13 nitrogen and oxygen atoms in total. The summed E-state index contributed by atoms with van der Waals surface area (Å²) in [6, 6.07) is 14.5. The van der Waals surface area contributed by atoms with Crippen molar-refractivity contribution in [1.82, 2.24) is 19.9 Å². The van der Waals surface area contributed by atoms with Crippen LogP contribution in [0.5, 0.6) is 0 Å². The summed E-state index contributed by atoms with van der Waals surface area (Å²) >= 11 is 0. The highest BCUT2D eigenvalue weighted by molar-refractivity contribution is 5.96. The van der Waals surface area contributed by atoms with Crippen LogP contribution < -0.4 is 16.0 Å². The number of nitro groups is 1. The molecule has 212 valence electrons. The predicted molar refractivity (Wildman–Crippen MR) is 153 cm³/mol. The molecule has 1 aromatic carbocycles. The Hall–Kier alpha value is -5.04. The van der Waals surface area contributed by atoms with Gasteiger partial charge in [0.2, 0.25) is 11.8 Å². The number of rotatable bonds is 10. The van der Waals surface area contributed by atoms with E-state index in [1.807, 2.05) is 36.4 Å². The minimum atomic E-state index is -0.567. The first kappa shape index (κ1) is 27.5. The van der Waals surface area contributed by atoms with Crippen molar-refractivity contribution in [3.05, 3.63) is 88.0 Å². The second-order valence-corrected chi connectivity index (χ2v) is 9.28. The van der Waals surface area contributed by atoms with Gasteiger partial charge in [-0.05, 0) is 37.3 Å². The fourth-order valence-corrected chi connectivity index (χ4v) is 4.66. The van der Waals surface area contributed by atoms with Crippen LogP contribution in [0, 0.1) is 10.1 Å². The molecule has 1 aliphatic heterocycles. The Balaban J connectivity index is 1.43. The number of nitrogens with two attached hydrogens (primary N) is 1. The number of aromatic nitrogens is 4. The number of nitrogens with one attached hydrogen (secondary N) is 2. The number of hydrogen-bond acceptors (Lipinski definition) is 11. The molecule has 0 bridgehead atoms. The summed E-state index contributed by atoms with van der Waals surface area (Å²) in [4.78, 5) is 42.2. The van der Waals surface area contributed by atoms with E-state index in [9.17, 15) is 14.9 Å². The molecule has 3 aromatic heterocycles. The molecular weight excluding hydrogens is 528 g/mol. The van der Waals surface area contributed by atoms with E-state index >= 15 is 0 Å². The topological polar surface area (TPSA) is 174 Å². The molecule has 0 spiro atoms. The van der Waals surface area contributed by atoms with Gasteiger partial charge < -0.3 is 30.4 Å². The lowest BCUT2D eigenvalue weighted by Crippen LogP contribution is -2.36. The molecular formula is C28H30N8O5. The maximum absolute atomic E-state index is 12.8. The molecule has 0 saturated carbocycles.